The van der Waals surface area contributed by atoms with Crippen molar-refractivity contribution < 1.29 is 19.1 Å². The van der Waals surface area contributed by atoms with Crippen molar-refractivity contribution >= 4 is 52.5 Å². The van der Waals surface area contributed by atoms with E-state index < -0.39 is 11.8 Å². The van der Waals surface area contributed by atoms with Crippen molar-refractivity contribution in [2.24, 2.45) is 0 Å². The molecule has 0 spiro atoms. The summed E-state index contributed by atoms with van der Waals surface area (Å²) in [5.74, 6) is -0.336. The summed E-state index contributed by atoms with van der Waals surface area (Å²) in [5, 5.41) is 2.92. The Kier molecular flexibility index (Phi) is 5.91. The average molecular weight is 431 g/mol. The predicted molar refractivity (Wildman–Crippen MR) is 117 cm³/mol. The monoisotopic (exact) mass is 430 g/mol. The normalized spacial score (nSPS) is 15.6. The van der Waals surface area contributed by atoms with Gasteiger partial charge in [-0.05, 0) is 67.0 Å². The molecule has 1 aliphatic heterocycles. The van der Waals surface area contributed by atoms with Gasteiger partial charge >= 0.3 is 0 Å². The molecule has 2 aromatic rings. The Labute approximate surface area is 179 Å². The van der Waals surface area contributed by atoms with E-state index in [0.717, 1.165) is 11.1 Å². The number of nitrogens with one attached hydrogen (secondary N) is 1. The molecule has 1 aliphatic rings. The minimum Gasteiger partial charge on any atom is -0.493 e. The number of hydrogen-bond donors (Lipinski definition) is 1. The topological polar surface area (TPSA) is 67.9 Å². The van der Waals surface area contributed by atoms with E-state index in [2.05, 4.69) is 5.32 Å². The van der Waals surface area contributed by atoms with Crippen LogP contribution in [0.15, 0.2) is 35.9 Å². The highest BCUT2D eigenvalue weighted by Crippen LogP contribution is 2.37. The van der Waals surface area contributed by atoms with Crippen molar-refractivity contribution in [1.29, 1.82) is 0 Å². The number of halogens is 1. The summed E-state index contributed by atoms with van der Waals surface area (Å²) >= 11 is 11.5. The molecule has 0 aliphatic carbocycles. The Balaban J connectivity index is 2.09. The molecule has 1 N–H and O–H groups in total. The number of methoxy groups -OCH3 is 2. The van der Waals surface area contributed by atoms with Gasteiger partial charge in [-0.2, -0.15) is 0 Å². The van der Waals surface area contributed by atoms with Gasteiger partial charge in [0.1, 0.15) is 5.57 Å². The fourth-order valence-electron chi connectivity index (χ4n) is 3.02. The SMILES string of the molecule is COc1cc(/C=C2/C(=O)NC(=S)N(c3cc(C)ccc3C)C2=O)cc(Cl)c1OC. The van der Waals surface area contributed by atoms with E-state index in [1.54, 1.807) is 12.1 Å². The first kappa shape index (κ1) is 20.8. The number of rotatable bonds is 4. The van der Waals surface area contributed by atoms with E-state index in [0.29, 0.717) is 27.8 Å². The molecule has 0 bridgehead atoms. The molecule has 0 saturated carbocycles. The minimum atomic E-state index is -0.576. The fourth-order valence-corrected chi connectivity index (χ4v) is 3.59. The van der Waals surface area contributed by atoms with Crippen LogP contribution in [0.5, 0.6) is 11.5 Å². The van der Waals surface area contributed by atoms with Gasteiger partial charge in [0.2, 0.25) is 0 Å². The lowest BCUT2D eigenvalue weighted by Crippen LogP contribution is -2.54. The molecule has 29 heavy (non-hydrogen) atoms. The molecule has 1 heterocycles. The number of ether oxygens (including phenoxy) is 2. The zero-order valence-corrected chi connectivity index (χ0v) is 17.9. The van der Waals surface area contributed by atoms with E-state index in [9.17, 15) is 9.59 Å². The van der Waals surface area contributed by atoms with Gasteiger partial charge in [-0.25, -0.2) is 0 Å². The third-order valence-corrected chi connectivity index (χ3v) is 5.04. The lowest BCUT2D eigenvalue weighted by atomic mass is 10.0. The van der Waals surface area contributed by atoms with E-state index in [1.807, 2.05) is 32.0 Å². The summed E-state index contributed by atoms with van der Waals surface area (Å²) in [6, 6.07) is 8.91. The zero-order valence-electron chi connectivity index (χ0n) is 16.3. The van der Waals surface area contributed by atoms with Gasteiger partial charge in [-0.3, -0.25) is 19.8 Å². The standard InChI is InChI=1S/C21H19ClN2O4S/c1-11-5-6-12(2)16(7-11)24-20(26)14(19(25)23-21(24)29)8-13-9-15(22)18(28-4)17(10-13)27-3/h5-10H,1-4H3,(H,23,25,29)/b14-8-. The van der Waals surface area contributed by atoms with Crippen molar-refractivity contribution in [3.05, 3.63) is 57.6 Å². The highest BCUT2D eigenvalue weighted by molar-refractivity contribution is 7.80. The lowest BCUT2D eigenvalue weighted by molar-refractivity contribution is -0.122. The summed E-state index contributed by atoms with van der Waals surface area (Å²) in [7, 11) is 2.95. The van der Waals surface area contributed by atoms with Gasteiger partial charge < -0.3 is 9.47 Å². The fraction of sp³-hybridized carbons (Fsp3) is 0.190. The Bertz CT molecular complexity index is 1060. The van der Waals surface area contributed by atoms with Crippen LogP contribution in [0.1, 0.15) is 16.7 Å². The van der Waals surface area contributed by atoms with Crippen molar-refractivity contribution in [2.45, 2.75) is 13.8 Å². The van der Waals surface area contributed by atoms with Gasteiger partial charge in [-0.15, -0.1) is 0 Å². The van der Waals surface area contributed by atoms with Crippen LogP contribution in [0.4, 0.5) is 5.69 Å². The predicted octanol–water partition coefficient (Wildman–Crippen LogP) is 3.81. The summed E-state index contributed by atoms with van der Waals surface area (Å²) < 4.78 is 10.5. The molecule has 150 valence electrons. The van der Waals surface area contributed by atoms with Gasteiger partial charge in [0, 0.05) is 0 Å². The first-order chi connectivity index (χ1) is 13.8. The second-order valence-corrected chi connectivity index (χ2v) is 7.28. The van der Waals surface area contributed by atoms with E-state index >= 15 is 0 Å². The van der Waals surface area contributed by atoms with Gasteiger partial charge in [0.15, 0.2) is 16.6 Å². The second kappa shape index (κ2) is 8.23. The lowest BCUT2D eigenvalue weighted by Gasteiger charge is -2.30. The number of nitrogens with zero attached hydrogens (tertiary/aromatic N) is 1. The van der Waals surface area contributed by atoms with Crippen LogP contribution in [-0.2, 0) is 9.59 Å². The highest BCUT2D eigenvalue weighted by Gasteiger charge is 2.35. The Morgan fingerprint density at radius 3 is 2.48 bits per heavy atom. The Hall–Kier alpha value is -2.90. The Morgan fingerprint density at radius 2 is 1.83 bits per heavy atom. The smallest absolute Gasteiger partial charge is 0.270 e. The maximum atomic E-state index is 13.2. The summed E-state index contributed by atoms with van der Waals surface area (Å²) in [5.41, 5.74) is 2.89. The van der Waals surface area contributed by atoms with E-state index in [4.69, 9.17) is 33.3 Å². The summed E-state index contributed by atoms with van der Waals surface area (Å²) in [6.07, 6.45) is 1.45. The molecule has 0 unspecified atom stereocenters. The summed E-state index contributed by atoms with van der Waals surface area (Å²) in [4.78, 5) is 27.0. The first-order valence-corrected chi connectivity index (χ1v) is 9.45. The molecule has 0 radical (unpaired) electrons. The van der Waals surface area contributed by atoms with Crippen LogP contribution in [0.3, 0.4) is 0 Å². The minimum absolute atomic E-state index is 0.0381. The molecule has 0 aromatic heterocycles. The molecule has 3 rings (SSSR count). The zero-order chi connectivity index (χ0) is 21.3. The number of hydrogen-bond acceptors (Lipinski definition) is 5. The number of carbonyl (C=O) groups is 2. The maximum absolute atomic E-state index is 13.2. The Morgan fingerprint density at radius 1 is 1.10 bits per heavy atom. The number of amides is 2. The molecular weight excluding hydrogens is 412 g/mol. The average Bonchev–Trinajstić information content (AvgIpc) is 2.67. The highest BCUT2D eigenvalue weighted by atomic mass is 35.5. The number of aryl methyl sites for hydroxylation is 2. The molecule has 1 saturated heterocycles. The van der Waals surface area contributed by atoms with Crippen LogP contribution in [0.25, 0.3) is 6.08 Å². The van der Waals surface area contributed by atoms with Gasteiger partial charge in [0.25, 0.3) is 11.8 Å². The number of carbonyl (C=O) groups excluding carboxylic acids is 2. The molecule has 2 amide bonds. The van der Waals surface area contributed by atoms with Crippen molar-refractivity contribution in [2.75, 3.05) is 19.1 Å². The number of anilines is 1. The maximum Gasteiger partial charge on any atom is 0.270 e. The van der Waals surface area contributed by atoms with Crippen molar-refractivity contribution in [3.63, 3.8) is 0 Å². The number of benzene rings is 2. The first-order valence-electron chi connectivity index (χ1n) is 8.67. The molecule has 0 atom stereocenters. The second-order valence-electron chi connectivity index (χ2n) is 6.49. The number of thiocarbonyl (C=S) groups is 1. The van der Waals surface area contributed by atoms with Crippen LogP contribution in [-0.4, -0.2) is 31.1 Å². The van der Waals surface area contributed by atoms with Crippen LogP contribution >= 0.6 is 23.8 Å². The van der Waals surface area contributed by atoms with Crippen LogP contribution in [0.2, 0.25) is 5.02 Å². The summed E-state index contributed by atoms with van der Waals surface area (Å²) in [6.45, 7) is 3.79. The quantitative estimate of drug-likeness (QED) is 0.454. The molecule has 8 heteroatoms. The van der Waals surface area contributed by atoms with Crippen LogP contribution in [0, 0.1) is 13.8 Å². The molecule has 6 nitrogen and oxygen atoms in total. The van der Waals surface area contributed by atoms with Gasteiger partial charge in [-0.1, -0.05) is 23.7 Å². The van der Waals surface area contributed by atoms with E-state index in [-0.39, 0.29) is 10.7 Å². The molecule has 1 fully saturated rings. The molecular formula is C21H19ClN2O4S. The molecule has 2 aromatic carbocycles. The van der Waals surface area contributed by atoms with Gasteiger partial charge in [0.05, 0.1) is 24.9 Å². The largest absolute Gasteiger partial charge is 0.493 e. The van der Waals surface area contributed by atoms with Crippen molar-refractivity contribution in [3.8, 4) is 11.5 Å². The van der Waals surface area contributed by atoms with Crippen molar-refractivity contribution in [1.82, 2.24) is 5.32 Å². The third-order valence-electron chi connectivity index (χ3n) is 4.47. The van der Waals surface area contributed by atoms with E-state index in [1.165, 1.54) is 25.2 Å². The third kappa shape index (κ3) is 3.97. The van der Waals surface area contributed by atoms with Crippen LogP contribution < -0.4 is 19.7 Å².